The van der Waals surface area contributed by atoms with Crippen molar-refractivity contribution in [2.24, 2.45) is 10.9 Å². The van der Waals surface area contributed by atoms with E-state index in [1.807, 2.05) is 0 Å². The van der Waals surface area contributed by atoms with Crippen molar-refractivity contribution < 1.29 is 9.47 Å². The van der Waals surface area contributed by atoms with Gasteiger partial charge in [-0.25, -0.2) is 0 Å². The topological polar surface area (TPSA) is 54.9 Å². The smallest absolute Gasteiger partial charge is 0.191 e. The van der Waals surface area contributed by atoms with Crippen LogP contribution in [0, 0.1) is 5.92 Å². The van der Waals surface area contributed by atoms with E-state index >= 15 is 0 Å². The fraction of sp³-hybridized carbons (Fsp3) is 0.650. The summed E-state index contributed by atoms with van der Waals surface area (Å²) >= 11 is 0. The molecule has 1 fully saturated rings. The predicted octanol–water partition coefficient (Wildman–Crippen LogP) is 3.09. The van der Waals surface area contributed by atoms with Crippen LogP contribution in [0.25, 0.3) is 0 Å². The lowest BCUT2D eigenvalue weighted by Gasteiger charge is -2.22. The lowest BCUT2D eigenvalue weighted by Crippen LogP contribution is -2.43. The van der Waals surface area contributed by atoms with Crippen molar-refractivity contribution in [1.82, 2.24) is 10.6 Å². The molecule has 5 heteroatoms. The summed E-state index contributed by atoms with van der Waals surface area (Å²) in [4.78, 5) is 4.30. The average Bonchev–Trinajstić information content (AvgIpc) is 2.64. The van der Waals surface area contributed by atoms with E-state index in [0.29, 0.717) is 24.7 Å². The Morgan fingerprint density at radius 3 is 2.64 bits per heavy atom. The summed E-state index contributed by atoms with van der Waals surface area (Å²) in [6, 6.07) is 8.92. The first kappa shape index (κ1) is 19.7. The molecule has 1 aromatic carbocycles. The molecule has 0 radical (unpaired) electrons. The van der Waals surface area contributed by atoms with E-state index in [1.165, 1.54) is 11.1 Å². The third-order valence-corrected chi connectivity index (χ3v) is 4.69. The Hall–Kier alpha value is -1.59. The number of nitrogens with one attached hydrogen (secondary N) is 2. The number of rotatable bonds is 7. The van der Waals surface area contributed by atoms with Crippen molar-refractivity contribution in [3.8, 4) is 0 Å². The first-order valence-corrected chi connectivity index (χ1v) is 9.33. The summed E-state index contributed by atoms with van der Waals surface area (Å²) in [5.74, 6) is 1.40. The van der Waals surface area contributed by atoms with E-state index in [1.54, 1.807) is 7.05 Å². The van der Waals surface area contributed by atoms with Gasteiger partial charge in [0.2, 0.25) is 0 Å². The summed E-state index contributed by atoms with van der Waals surface area (Å²) in [5, 5.41) is 6.81. The van der Waals surface area contributed by atoms with E-state index in [0.717, 1.165) is 38.6 Å². The highest BCUT2D eigenvalue weighted by atomic mass is 16.5. The van der Waals surface area contributed by atoms with Crippen LogP contribution in [0.2, 0.25) is 0 Å². The molecule has 0 spiro atoms. The van der Waals surface area contributed by atoms with Gasteiger partial charge in [0.15, 0.2) is 5.96 Å². The molecule has 0 aromatic heterocycles. The highest BCUT2D eigenvalue weighted by Crippen LogP contribution is 2.14. The number of benzene rings is 1. The molecule has 1 aliphatic rings. The van der Waals surface area contributed by atoms with Crippen LogP contribution in [0.1, 0.15) is 44.7 Å². The highest BCUT2D eigenvalue weighted by Gasteiger charge is 2.14. The van der Waals surface area contributed by atoms with Gasteiger partial charge in [0.25, 0.3) is 0 Å². The maximum absolute atomic E-state index is 6.01. The molecule has 1 atom stereocenters. The summed E-state index contributed by atoms with van der Waals surface area (Å²) in [6.07, 6.45) is 2.32. The van der Waals surface area contributed by atoms with Crippen LogP contribution in [0.5, 0.6) is 0 Å². The Kier molecular flexibility index (Phi) is 8.22. The zero-order chi connectivity index (χ0) is 18.1. The molecule has 1 unspecified atom stereocenters. The van der Waals surface area contributed by atoms with Gasteiger partial charge in [-0.3, -0.25) is 4.99 Å². The van der Waals surface area contributed by atoms with Crippen LogP contribution in [-0.2, 0) is 22.6 Å². The summed E-state index contributed by atoms with van der Waals surface area (Å²) in [6.45, 7) is 9.61. The van der Waals surface area contributed by atoms with Gasteiger partial charge < -0.3 is 20.1 Å². The maximum Gasteiger partial charge on any atom is 0.191 e. The van der Waals surface area contributed by atoms with Gasteiger partial charge in [-0.2, -0.15) is 0 Å². The Morgan fingerprint density at radius 2 is 1.96 bits per heavy atom. The molecule has 1 saturated heterocycles. The van der Waals surface area contributed by atoms with Crippen LogP contribution >= 0.6 is 0 Å². The number of nitrogens with zero attached hydrogens (tertiary/aromatic N) is 1. The molecule has 2 rings (SSSR count). The normalized spacial score (nSPS) is 17.6. The van der Waals surface area contributed by atoms with Gasteiger partial charge in [-0.1, -0.05) is 38.1 Å². The molecule has 0 bridgehead atoms. The molecule has 1 aliphatic heterocycles. The third kappa shape index (κ3) is 7.04. The quantitative estimate of drug-likeness (QED) is 0.588. The first-order valence-electron chi connectivity index (χ1n) is 9.33. The van der Waals surface area contributed by atoms with Crippen LogP contribution in [0.3, 0.4) is 0 Å². The second kappa shape index (κ2) is 10.4. The van der Waals surface area contributed by atoms with Gasteiger partial charge in [-0.05, 0) is 36.8 Å². The molecule has 1 aromatic rings. The zero-order valence-electron chi connectivity index (χ0n) is 16.0. The molecular formula is C20H33N3O2. The molecule has 0 saturated carbocycles. The molecule has 140 valence electrons. The van der Waals surface area contributed by atoms with Crippen LogP contribution in [0.4, 0.5) is 0 Å². The number of hydrogen-bond acceptors (Lipinski definition) is 3. The number of hydrogen-bond donors (Lipinski definition) is 2. The van der Waals surface area contributed by atoms with E-state index < -0.39 is 0 Å². The van der Waals surface area contributed by atoms with Gasteiger partial charge >= 0.3 is 0 Å². The van der Waals surface area contributed by atoms with Crippen molar-refractivity contribution >= 4 is 5.96 Å². The molecule has 25 heavy (non-hydrogen) atoms. The van der Waals surface area contributed by atoms with Crippen molar-refractivity contribution in [2.75, 3.05) is 20.3 Å². The van der Waals surface area contributed by atoms with Crippen molar-refractivity contribution in [1.29, 1.82) is 0 Å². The number of aliphatic imine (C=N–C) groups is 1. The summed E-state index contributed by atoms with van der Waals surface area (Å²) < 4.78 is 11.4. The lowest BCUT2D eigenvalue weighted by molar-refractivity contribution is -0.0390. The molecule has 0 amide bonds. The Morgan fingerprint density at radius 1 is 1.24 bits per heavy atom. The minimum atomic E-state index is 0.330. The van der Waals surface area contributed by atoms with E-state index in [2.05, 4.69) is 60.7 Å². The lowest BCUT2D eigenvalue weighted by atomic mass is 10.1. The van der Waals surface area contributed by atoms with Gasteiger partial charge in [0.1, 0.15) is 0 Å². The van der Waals surface area contributed by atoms with Crippen molar-refractivity contribution in [2.45, 2.75) is 58.9 Å². The zero-order valence-corrected chi connectivity index (χ0v) is 16.0. The summed E-state index contributed by atoms with van der Waals surface area (Å²) in [5.41, 5.74) is 2.44. The number of ether oxygens (including phenoxy) is 2. The first-order chi connectivity index (χ1) is 12.1. The molecule has 5 nitrogen and oxygen atoms in total. The SMILES string of the molecule is CN=C(NCc1cccc(COC2CCOCC2)c1)NC(C)C(C)C. The average molecular weight is 348 g/mol. The van der Waals surface area contributed by atoms with Crippen LogP contribution < -0.4 is 10.6 Å². The Bertz CT molecular complexity index is 539. The minimum absolute atomic E-state index is 0.330. The van der Waals surface area contributed by atoms with Crippen LogP contribution in [0.15, 0.2) is 29.3 Å². The predicted molar refractivity (Wildman–Crippen MR) is 103 cm³/mol. The second-order valence-corrected chi connectivity index (χ2v) is 7.05. The highest BCUT2D eigenvalue weighted by molar-refractivity contribution is 5.79. The minimum Gasteiger partial charge on any atom is -0.381 e. The standard InChI is InChI=1S/C20H33N3O2/c1-15(2)16(3)23-20(21-4)22-13-17-6-5-7-18(12-17)14-25-19-8-10-24-11-9-19/h5-7,12,15-16,19H,8-11,13-14H2,1-4H3,(H2,21,22,23). The van der Waals surface area contributed by atoms with E-state index in [9.17, 15) is 0 Å². The van der Waals surface area contributed by atoms with Gasteiger partial charge in [-0.15, -0.1) is 0 Å². The van der Waals surface area contributed by atoms with E-state index in [-0.39, 0.29) is 0 Å². The fourth-order valence-electron chi connectivity index (χ4n) is 2.65. The van der Waals surface area contributed by atoms with Gasteiger partial charge in [0, 0.05) is 32.8 Å². The van der Waals surface area contributed by atoms with E-state index in [4.69, 9.17) is 9.47 Å². The molecule has 0 aliphatic carbocycles. The van der Waals surface area contributed by atoms with Crippen molar-refractivity contribution in [3.05, 3.63) is 35.4 Å². The summed E-state index contributed by atoms with van der Waals surface area (Å²) in [7, 11) is 1.81. The second-order valence-electron chi connectivity index (χ2n) is 7.05. The van der Waals surface area contributed by atoms with Gasteiger partial charge in [0.05, 0.1) is 12.7 Å². The third-order valence-electron chi connectivity index (χ3n) is 4.69. The van der Waals surface area contributed by atoms with Crippen LogP contribution in [-0.4, -0.2) is 38.4 Å². The Balaban J connectivity index is 1.81. The molecular weight excluding hydrogens is 314 g/mol. The fourth-order valence-corrected chi connectivity index (χ4v) is 2.65. The number of guanidine groups is 1. The molecule has 2 N–H and O–H groups in total. The largest absolute Gasteiger partial charge is 0.381 e. The van der Waals surface area contributed by atoms with Crippen molar-refractivity contribution in [3.63, 3.8) is 0 Å². The Labute approximate surface area is 152 Å². The molecule has 1 heterocycles. The maximum atomic E-state index is 6.01. The monoisotopic (exact) mass is 347 g/mol.